The van der Waals surface area contributed by atoms with Gasteiger partial charge in [0.15, 0.2) is 0 Å². The Morgan fingerprint density at radius 1 is 1.10 bits per heavy atom. The minimum absolute atomic E-state index is 0.0187. The van der Waals surface area contributed by atoms with Crippen LogP contribution < -0.4 is 0 Å². The summed E-state index contributed by atoms with van der Waals surface area (Å²) in [4.78, 5) is 14.2. The largest absolute Gasteiger partial charge is 0.464 e. The zero-order valence-corrected chi connectivity index (χ0v) is 12.3. The Kier molecular flexibility index (Phi) is 4.61. The van der Waals surface area contributed by atoms with E-state index in [1.54, 1.807) is 0 Å². The van der Waals surface area contributed by atoms with Gasteiger partial charge in [0.2, 0.25) is 5.91 Å². The van der Waals surface area contributed by atoms with Gasteiger partial charge in [-0.2, -0.15) is 0 Å². The van der Waals surface area contributed by atoms with Crippen molar-refractivity contribution in [2.75, 3.05) is 0 Å². The Bertz CT molecular complexity index is 557. The van der Waals surface area contributed by atoms with E-state index < -0.39 is 0 Å². The van der Waals surface area contributed by atoms with E-state index in [4.69, 9.17) is 4.42 Å². The molecule has 0 unspecified atom stereocenters. The second-order valence-corrected chi connectivity index (χ2v) is 5.35. The molecular weight excluding hydrogens is 250 g/mol. The minimum Gasteiger partial charge on any atom is -0.464 e. The SMILES string of the molecule is Cc1ccc(CN(Cc2ccccc2)C(=O)C(C)C)o1. The molecule has 0 aliphatic carbocycles. The van der Waals surface area contributed by atoms with Crippen LogP contribution in [0.3, 0.4) is 0 Å². The molecule has 3 nitrogen and oxygen atoms in total. The number of aryl methyl sites for hydroxylation is 1. The number of amides is 1. The summed E-state index contributed by atoms with van der Waals surface area (Å²) >= 11 is 0. The lowest BCUT2D eigenvalue weighted by Crippen LogP contribution is -2.33. The second kappa shape index (κ2) is 6.42. The third-order valence-electron chi connectivity index (χ3n) is 3.16. The predicted molar refractivity (Wildman–Crippen MR) is 79.0 cm³/mol. The molecule has 20 heavy (non-hydrogen) atoms. The van der Waals surface area contributed by atoms with Gasteiger partial charge in [0.05, 0.1) is 6.54 Å². The van der Waals surface area contributed by atoms with Gasteiger partial charge in [-0.15, -0.1) is 0 Å². The Labute approximate surface area is 120 Å². The number of carbonyl (C=O) groups excluding carboxylic acids is 1. The zero-order valence-electron chi connectivity index (χ0n) is 12.3. The zero-order chi connectivity index (χ0) is 14.5. The molecule has 2 rings (SSSR count). The fraction of sp³-hybridized carbons (Fsp3) is 0.353. The van der Waals surface area contributed by atoms with E-state index >= 15 is 0 Å². The summed E-state index contributed by atoms with van der Waals surface area (Å²) in [6.07, 6.45) is 0. The normalized spacial score (nSPS) is 10.8. The molecule has 0 atom stereocenters. The van der Waals surface area contributed by atoms with Crippen molar-refractivity contribution in [2.45, 2.75) is 33.9 Å². The molecule has 0 spiro atoms. The van der Waals surface area contributed by atoms with Crippen molar-refractivity contribution in [3.63, 3.8) is 0 Å². The fourth-order valence-electron chi connectivity index (χ4n) is 2.14. The maximum absolute atomic E-state index is 12.3. The van der Waals surface area contributed by atoms with Gasteiger partial charge >= 0.3 is 0 Å². The van der Waals surface area contributed by atoms with Crippen molar-refractivity contribution in [1.29, 1.82) is 0 Å². The predicted octanol–water partition coefficient (Wildman–Crippen LogP) is 3.77. The number of carbonyl (C=O) groups is 1. The topological polar surface area (TPSA) is 33.5 Å². The molecular formula is C17H21NO2. The lowest BCUT2D eigenvalue weighted by Gasteiger charge is -2.23. The van der Waals surface area contributed by atoms with Gasteiger partial charge in [-0.1, -0.05) is 44.2 Å². The maximum Gasteiger partial charge on any atom is 0.225 e. The standard InChI is InChI=1S/C17H21NO2/c1-13(2)17(19)18(11-15-7-5-4-6-8-15)12-16-10-9-14(3)20-16/h4-10,13H,11-12H2,1-3H3. The molecule has 3 heteroatoms. The second-order valence-electron chi connectivity index (χ2n) is 5.35. The van der Waals surface area contributed by atoms with Crippen molar-refractivity contribution in [2.24, 2.45) is 5.92 Å². The van der Waals surface area contributed by atoms with Gasteiger partial charge in [-0.05, 0) is 24.6 Å². The van der Waals surface area contributed by atoms with Crippen LogP contribution in [0.15, 0.2) is 46.9 Å². The highest BCUT2D eigenvalue weighted by atomic mass is 16.3. The van der Waals surface area contributed by atoms with Crippen molar-refractivity contribution in [1.82, 2.24) is 4.90 Å². The summed E-state index contributed by atoms with van der Waals surface area (Å²) in [5, 5.41) is 0. The molecule has 1 aromatic heterocycles. The molecule has 0 aliphatic rings. The van der Waals surface area contributed by atoms with E-state index in [2.05, 4.69) is 0 Å². The highest BCUT2D eigenvalue weighted by molar-refractivity contribution is 5.78. The van der Waals surface area contributed by atoms with Crippen LogP contribution in [-0.2, 0) is 17.9 Å². The first-order valence-electron chi connectivity index (χ1n) is 6.94. The summed E-state index contributed by atoms with van der Waals surface area (Å²) in [5.74, 6) is 1.82. The highest BCUT2D eigenvalue weighted by Gasteiger charge is 2.18. The van der Waals surface area contributed by atoms with Crippen LogP contribution >= 0.6 is 0 Å². The fourth-order valence-corrected chi connectivity index (χ4v) is 2.14. The van der Waals surface area contributed by atoms with Crippen LogP contribution in [0.5, 0.6) is 0 Å². The molecule has 1 amide bonds. The molecule has 0 bridgehead atoms. The number of furan rings is 1. The summed E-state index contributed by atoms with van der Waals surface area (Å²) in [6.45, 7) is 6.88. The molecule has 0 saturated carbocycles. The maximum atomic E-state index is 12.3. The smallest absolute Gasteiger partial charge is 0.225 e. The lowest BCUT2D eigenvalue weighted by molar-refractivity contribution is -0.136. The van der Waals surface area contributed by atoms with E-state index in [0.717, 1.165) is 17.1 Å². The van der Waals surface area contributed by atoms with Crippen LogP contribution in [0.25, 0.3) is 0 Å². The Morgan fingerprint density at radius 3 is 2.35 bits per heavy atom. The summed E-state index contributed by atoms with van der Waals surface area (Å²) in [5.41, 5.74) is 1.13. The number of hydrogen-bond donors (Lipinski definition) is 0. The monoisotopic (exact) mass is 271 g/mol. The van der Waals surface area contributed by atoms with Gasteiger partial charge in [0, 0.05) is 12.5 Å². The van der Waals surface area contributed by atoms with Crippen molar-refractivity contribution in [3.8, 4) is 0 Å². The minimum atomic E-state index is -0.0187. The highest BCUT2D eigenvalue weighted by Crippen LogP contribution is 2.15. The van der Waals surface area contributed by atoms with E-state index in [-0.39, 0.29) is 11.8 Å². The molecule has 0 radical (unpaired) electrons. The number of nitrogens with zero attached hydrogens (tertiary/aromatic N) is 1. The Balaban J connectivity index is 2.14. The van der Waals surface area contributed by atoms with Crippen LogP contribution in [0.4, 0.5) is 0 Å². The molecule has 106 valence electrons. The third-order valence-corrected chi connectivity index (χ3v) is 3.16. The van der Waals surface area contributed by atoms with E-state index in [1.165, 1.54) is 0 Å². The van der Waals surface area contributed by atoms with Gasteiger partial charge in [-0.3, -0.25) is 4.79 Å². The summed E-state index contributed by atoms with van der Waals surface area (Å²) in [6, 6.07) is 13.9. The molecule has 0 aliphatic heterocycles. The van der Waals surface area contributed by atoms with E-state index in [1.807, 2.05) is 68.1 Å². The summed E-state index contributed by atoms with van der Waals surface area (Å²) in [7, 11) is 0. The lowest BCUT2D eigenvalue weighted by atomic mass is 10.1. The van der Waals surface area contributed by atoms with E-state index in [0.29, 0.717) is 13.1 Å². The Hall–Kier alpha value is -2.03. The average Bonchev–Trinajstić information content (AvgIpc) is 2.83. The molecule has 0 fully saturated rings. The van der Waals surface area contributed by atoms with Crippen LogP contribution in [0.1, 0.15) is 30.9 Å². The molecule has 1 heterocycles. The van der Waals surface area contributed by atoms with Crippen LogP contribution in [0, 0.1) is 12.8 Å². The van der Waals surface area contributed by atoms with Gasteiger partial charge in [0.1, 0.15) is 11.5 Å². The molecule has 1 aromatic carbocycles. The number of hydrogen-bond acceptors (Lipinski definition) is 2. The quantitative estimate of drug-likeness (QED) is 0.829. The van der Waals surface area contributed by atoms with Crippen LogP contribution in [0.2, 0.25) is 0 Å². The van der Waals surface area contributed by atoms with Gasteiger partial charge in [0.25, 0.3) is 0 Å². The first kappa shape index (κ1) is 14.4. The van der Waals surface area contributed by atoms with Crippen molar-refractivity contribution < 1.29 is 9.21 Å². The van der Waals surface area contributed by atoms with Gasteiger partial charge < -0.3 is 9.32 Å². The van der Waals surface area contributed by atoms with E-state index in [9.17, 15) is 4.79 Å². The number of benzene rings is 1. The van der Waals surface area contributed by atoms with Crippen molar-refractivity contribution in [3.05, 3.63) is 59.5 Å². The first-order valence-corrected chi connectivity index (χ1v) is 6.94. The first-order chi connectivity index (χ1) is 9.56. The Morgan fingerprint density at radius 2 is 1.80 bits per heavy atom. The van der Waals surface area contributed by atoms with Crippen molar-refractivity contribution >= 4 is 5.91 Å². The molecule has 0 N–H and O–H groups in total. The third kappa shape index (κ3) is 3.73. The average molecular weight is 271 g/mol. The van der Waals surface area contributed by atoms with Crippen LogP contribution in [-0.4, -0.2) is 10.8 Å². The molecule has 2 aromatic rings. The summed E-state index contributed by atoms with van der Waals surface area (Å²) < 4.78 is 5.59. The molecule has 0 saturated heterocycles. The number of rotatable bonds is 5. The van der Waals surface area contributed by atoms with Gasteiger partial charge in [-0.25, -0.2) is 0 Å².